The minimum atomic E-state index is -0.331. The van der Waals surface area contributed by atoms with E-state index in [-0.39, 0.29) is 24.3 Å². The maximum absolute atomic E-state index is 12.3. The molecule has 5 heteroatoms. The largest absolute Gasteiger partial charge is 0.496 e. The summed E-state index contributed by atoms with van der Waals surface area (Å²) < 4.78 is 5.36. The van der Waals surface area contributed by atoms with E-state index in [4.69, 9.17) is 4.74 Å². The van der Waals surface area contributed by atoms with Gasteiger partial charge in [-0.15, -0.1) is 0 Å². The van der Waals surface area contributed by atoms with Crippen molar-refractivity contribution < 1.29 is 14.3 Å². The van der Waals surface area contributed by atoms with E-state index in [1.165, 1.54) is 6.92 Å². The molecule has 1 atom stereocenters. The molecular formula is C21H26N2O3. The van der Waals surface area contributed by atoms with Gasteiger partial charge in [0.1, 0.15) is 5.75 Å². The average molecular weight is 354 g/mol. The second-order valence-electron chi connectivity index (χ2n) is 6.28. The molecule has 0 bridgehead atoms. The summed E-state index contributed by atoms with van der Waals surface area (Å²) in [6.07, 6.45) is 0.890. The summed E-state index contributed by atoms with van der Waals surface area (Å²) in [5, 5.41) is 5.77. The van der Waals surface area contributed by atoms with Gasteiger partial charge in [-0.3, -0.25) is 9.59 Å². The predicted octanol–water partition coefficient (Wildman–Crippen LogP) is 2.93. The first-order chi connectivity index (χ1) is 12.5. The molecule has 2 rings (SSSR count). The van der Waals surface area contributed by atoms with Crippen LogP contribution in [0.25, 0.3) is 0 Å². The van der Waals surface area contributed by atoms with Crippen molar-refractivity contribution >= 4 is 11.8 Å². The number of hydrogen-bond donors (Lipinski definition) is 2. The van der Waals surface area contributed by atoms with Gasteiger partial charge < -0.3 is 15.4 Å². The number of nitrogens with one attached hydrogen (secondary N) is 2. The molecule has 0 fully saturated rings. The highest BCUT2D eigenvalue weighted by atomic mass is 16.5. The molecule has 0 aliphatic rings. The van der Waals surface area contributed by atoms with Gasteiger partial charge in [-0.1, -0.05) is 48.0 Å². The molecule has 26 heavy (non-hydrogen) atoms. The van der Waals surface area contributed by atoms with Crippen LogP contribution in [0.3, 0.4) is 0 Å². The lowest BCUT2D eigenvalue weighted by Gasteiger charge is -2.18. The van der Waals surface area contributed by atoms with Gasteiger partial charge in [0.15, 0.2) is 0 Å². The number of rotatable bonds is 8. The number of aryl methyl sites for hydroxylation is 1. The molecule has 2 aromatic carbocycles. The molecule has 0 saturated carbocycles. The number of hydrogen-bond acceptors (Lipinski definition) is 3. The van der Waals surface area contributed by atoms with Crippen molar-refractivity contribution in [2.75, 3.05) is 13.7 Å². The molecule has 138 valence electrons. The second-order valence-corrected chi connectivity index (χ2v) is 6.28. The van der Waals surface area contributed by atoms with E-state index in [0.29, 0.717) is 13.0 Å². The highest BCUT2D eigenvalue weighted by Gasteiger charge is 2.16. The Balaban J connectivity index is 1.92. The normalized spacial score (nSPS) is 11.5. The standard InChI is InChI=1S/C21H26N2O3/c1-15-9-10-20(26-3)18(13-15)11-12-22-21(25)14-19(23-16(2)24)17-7-5-4-6-8-17/h4-10,13,19H,11-12,14H2,1-3H3,(H,22,25)(H,23,24). The first-order valence-corrected chi connectivity index (χ1v) is 8.72. The summed E-state index contributed by atoms with van der Waals surface area (Å²) in [7, 11) is 1.64. The van der Waals surface area contributed by atoms with E-state index < -0.39 is 0 Å². The average Bonchev–Trinajstić information content (AvgIpc) is 2.62. The molecule has 1 unspecified atom stereocenters. The Morgan fingerprint density at radius 1 is 1.12 bits per heavy atom. The maximum Gasteiger partial charge on any atom is 0.222 e. The van der Waals surface area contributed by atoms with Gasteiger partial charge >= 0.3 is 0 Å². The van der Waals surface area contributed by atoms with Crippen LogP contribution >= 0.6 is 0 Å². The second kappa shape index (κ2) is 9.61. The number of methoxy groups -OCH3 is 1. The van der Waals surface area contributed by atoms with Crippen LogP contribution in [-0.4, -0.2) is 25.5 Å². The molecule has 0 aliphatic carbocycles. The molecule has 2 amide bonds. The quantitative estimate of drug-likeness (QED) is 0.766. The van der Waals surface area contributed by atoms with Crippen molar-refractivity contribution in [1.82, 2.24) is 10.6 Å². The van der Waals surface area contributed by atoms with E-state index in [2.05, 4.69) is 16.7 Å². The third-order valence-electron chi connectivity index (χ3n) is 4.12. The number of carbonyl (C=O) groups is 2. The molecule has 0 aliphatic heterocycles. The Hall–Kier alpha value is -2.82. The number of carbonyl (C=O) groups excluding carboxylic acids is 2. The van der Waals surface area contributed by atoms with E-state index in [1.807, 2.05) is 49.4 Å². The molecule has 0 radical (unpaired) electrons. The van der Waals surface area contributed by atoms with E-state index in [9.17, 15) is 9.59 Å². The Morgan fingerprint density at radius 3 is 2.50 bits per heavy atom. The van der Waals surface area contributed by atoms with Crippen molar-refractivity contribution in [1.29, 1.82) is 0 Å². The fourth-order valence-corrected chi connectivity index (χ4v) is 2.88. The highest BCUT2D eigenvalue weighted by molar-refractivity contribution is 5.79. The fourth-order valence-electron chi connectivity index (χ4n) is 2.88. The first kappa shape index (κ1) is 19.5. The molecule has 0 heterocycles. The van der Waals surface area contributed by atoms with Gasteiger partial charge in [0.05, 0.1) is 19.6 Å². The lowest BCUT2D eigenvalue weighted by molar-refractivity contribution is -0.122. The third-order valence-corrected chi connectivity index (χ3v) is 4.12. The first-order valence-electron chi connectivity index (χ1n) is 8.72. The SMILES string of the molecule is COc1ccc(C)cc1CCNC(=O)CC(NC(C)=O)c1ccccc1. The van der Waals surface area contributed by atoms with Crippen LogP contribution < -0.4 is 15.4 Å². The lowest BCUT2D eigenvalue weighted by Crippen LogP contribution is -2.33. The minimum absolute atomic E-state index is 0.0979. The van der Waals surface area contributed by atoms with Crippen molar-refractivity contribution in [3.63, 3.8) is 0 Å². The number of ether oxygens (including phenoxy) is 1. The summed E-state index contributed by atoms with van der Waals surface area (Å²) in [5.74, 6) is 0.570. The van der Waals surface area contributed by atoms with E-state index in [0.717, 1.165) is 22.4 Å². The van der Waals surface area contributed by atoms with Crippen molar-refractivity contribution in [3.05, 3.63) is 65.2 Å². The monoisotopic (exact) mass is 354 g/mol. The topological polar surface area (TPSA) is 67.4 Å². The van der Waals surface area contributed by atoms with E-state index >= 15 is 0 Å². The smallest absolute Gasteiger partial charge is 0.222 e. The van der Waals surface area contributed by atoms with Gasteiger partial charge in [-0.2, -0.15) is 0 Å². The Morgan fingerprint density at radius 2 is 1.85 bits per heavy atom. The molecule has 2 N–H and O–H groups in total. The van der Waals surface area contributed by atoms with Crippen molar-refractivity contribution in [3.8, 4) is 5.75 Å². The molecule has 0 saturated heterocycles. The van der Waals surface area contributed by atoms with Crippen LogP contribution in [0.1, 0.15) is 36.1 Å². The summed E-state index contributed by atoms with van der Waals surface area (Å²) in [6, 6.07) is 15.2. The highest BCUT2D eigenvalue weighted by Crippen LogP contribution is 2.20. The number of benzene rings is 2. The fraction of sp³-hybridized carbons (Fsp3) is 0.333. The molecule has 0 aromatic heterocycles. The summed E-state index contributed by atoms with van der Waals surface area (Å²) in [6.45, 7) is 4.00. The Bertz CT molecular complexity index is 744. The lowest BCUT2D eigenvalue weighted by atomic mass is 10.0. The Kier molecular flexibility index (Phi) is 7.21. The van der Waals surface area contributed by atoms with Crippen LogP contribution in [0.5, 0.6) is 5.75 Å². The summed E-state index contributed by atoms with van der Waals surface area (Å²) >= 11 is 0. The van der Waals surface area contributed by atoms with Crippen LogP contribution in [0, 0.1) is 6.92 Å². The van der Waals surface area contributed by atoms with Gasteiger partial charge in [-0.05, 0) is 30.5 Å². The van der Waals surface area contributed by atoms with Crippen molar-refractivity contribution in [2.45, 2.75) is 32.7 Å². The van der Waals surface area contributed by atoms with Crippen LogP contribution in [-0.2, 0) is 16.0 Å². The van der Waals surface area contributed by atoms with Crippen LogP contribution in [0.2, 0.25) is 0 Å². The maximum atomic E-state index is 12.3. The summed E-state index contributed by atoms with van der Waals surface area (Å²) in [5.41, 5.74) is 3.13. The van der Waals surface area contributed by atoms with Gasteiger partial charge in [0, 0.05) is 13.5 Å². The molecule has 2 aromatic rings. The molecule has 0 spiro atoms. The number of amides is 2. The van der Waals surface area contributed by atoms with Crippen LogP contribution in [0.15, 0.2) is 48.5 Å². The van der Waals surface area contributed by atoms with Gasteiger partial charge in [0.25, 0.3) is 0 Å². The molecule has 5 nitrogen and oxygen atoms in total. The minimum Gasteiger partial charge on any atom is -0.496 e. The third kappa shape index (κ3) is 5.92. The molecular weight excluding hydrogens is 328 g/mol. The summed E-state index contributed by atoms with van der Waals surface area (Å²) in [4.78, 5) is 23.8. The zero-order valence-electron chi connectivity index (χ0n) is 15.5. The predicted molar refractivity (Wildman–Crippen MR) is 102 cm³/mol. The zero-order chi connectivity index (χ0) is 18.9. The van der Waals surface area contributed by atoms with Gasteiger partial charge in [0.2, 0.25) is 11.8 Å². The van der Waals surface area contributed by atoms with Gasteiger partial charge in [-0.25, -0.2) is 0 Å². The van der Waals surface area contributed by atoms with Crippen molar-refractivity contribution in [2.24, 2.45) is 0 Å². The van der Waals surface area contributed by atoms with E-state index in [1.54, 1.807) is 7.11 Å². The Labute approximate surface area is 154 Å². The van der Waals surface area contributed by atoms with Crippen LogP contribution in [0.4, 0.5) is 0 Å². The zero-order valence-corrected chi connectivity index (χ0v) is 15.5.